The predicted molar refractivity (Wildman–Crippen MR) is 74.0 cm³/mol. The summed E-state index contributed by atoms with van der Waals surface area (Å²) in [5.41, 5.74) is 1.46. The number of nitro benzene ring substituents is 1. The molecule has 1 N–H and O–H groups in total. The van der Waals surface area contributed by atoms with Crippen molar-refractivity contribution in [2.45, 2.75) is 19.9 Å². The van der Waals surface area contributed by atoms with Gasteiger partial charge >= 0.3 is 0 Å². The molecule has 0 aromatic heterocycles. The molecule has 0 spiro atoms. The molecular formula is C12H18N2O4S. The Kier molecular flexibility index (Phi) is 5.02. The zero-order valence-corrected chi connectivity index (χ0v) is 12.0. The van der Waals surface area contributed by atoms with E-state index in [2.05, 4.69) is 5.32 Å². The first kappa shape index (κ1) is 15.6. The fourth-order valence-corrected chi connectivity index (χ4v) is 2.16. The molecule has 1 atom stereocenters. The van der Waals surface area contributed by atoms with Gasteiger partial charge in [-0.1, -0.05) is 12.1 Å². The average molecular weight is 286 g/mol. The van der Waals surface area contributed by atoms with Gasteiger partial charge in [0, 0.05) is 30.5 Å². The quantitative estimate of drug-likeness (QED) is 0.633. The second-order valence-electron chi connectivity index (χ2n) is 4.61. The minimum absolute atomic E-state index is 0.0469. The molecule has 0 saturated heterocycles. The number of hydrogen-bond donors (Lipinski definition) is 1. The van der Waals surface area contributed by atoms with Gasteiger partial charge in [0.25, 0.3) is 5.69 Å². The molecule has 7 heteroatoms. The van der Waals surface area contributed by atoms with Gasteiger partial charge in [-0.2, -0.15) is 0 Å². The van der Waals surface area contributed by atoms with Crippen LogP contribution in [0.5, 0.6) is 0 Å². The van der Waals surface area contributed by atoms with E-state index >= 15 is 0 Å². The van der Waals surface area contributed by atoms with Crippen molar-refractivity contribution < 1.29 is 13.3 Å². The van der Waals surface area contributed by atoms with E-state index in [0.29, 0.717) is 12.1 Å². The number of nitro groups is 1. The van der Waals surface area contributed by atoms with Gasteiger partial charge in [0.1, 0.15) is 9.84 Å². The highest BCUT2D eigenvalue weighted by Gasteiger charge is 2.14. The van der Waals surface area contributed by atoms with Crippen molar-refractivity contribution in [1.82, 2.24) is 5.32 Å². The molecule has 1 rings (SSSR count). The minimum atomic E-state index is -3.00. The van der Waals surface area contributed by atoms with E-state index in [9.17, 15) is 18.5 Å². The van der Waals surface area contributed by atoms with Gasteiger partial charge in [-0.05, 0) is 19.4 Å². The van der Waals surface area contributed by atoms with Crippen molar-refractivity contribution in [2.75, 3.05) is 18.6 Å². The van der Waals surface area contributed by atoms with Gasteiger partial charge in [0.05, 0.1) is 10.7 Å². The van der Waals surface area contributed by atoms with Crippen LogP contribution in [0.25, 0.3) is 0 Å². The highest BCUT2D eigenvalue weighted by molar-refractivity contribution is 7.90. The molecule has 1 aromatic rings. The molecule has 1 unspecified atom stereocenters. The standard InChI is InChI=1S/C12H18N2O4S/c1-9-4-5-11(8-12(9)14(15)16)10(2)13-6-7-19(3,17)18/h4-5,8,10,13H,6-7H2,1-3H3. The van der Waals surface area contributed by atoms with Crippen LogP contribution in [0.4, 0.5) is 5.69 Å². The number of sulfone groups is 1. The first-order valence-corrected chi connectivity index (χ1v) is 7.93. The van der Waals surface area contributed by atoms with Gasteiger partial charge in [0.15, 0.2) is 0 Å². The van der Waals surface area contributed by atoms with Crippen molar-refractivity contribution in [3.63, 3.8) is 0 Å². The molecule has 0 aliphatic carbocycles. The van der Waals surface area contributed by atoms with Crippen LogP contribution in [0, 0.1) is 17.0 Å². The summed E-state index contributed by atoms with van der Waals surface area (Å²) in [6.45, 7) is 3.85. The van der Waals surface area contributed by atoms with E-state index in [1.807, 2.05) is 6.92 Å². The lowest BCUT2D eigenvalue weighted by atomic mass is 10.0. The summed E-state index contributed by atoms with van der Waals surface area (Å²) in [5.74, 6) is 0.0469. The normalized spacial score (nSPS) is 13.2. The maximum Gasteiger partial charge on any atom is 0.272 e. The fraction of sp³-hybridized carbons (Fsp3) is 0.500. The van der Waals surface area contributed by atoms with E-state index in [1.54, 1.807) is 19.1 Å². The summed E-state index contributed by atoms with van der Waals surface area (Å²) < 4.78 is 22.0. The molecule has 0 heterocycles. The Bertz CT molecular complexity index is 569. The number of hydrogen-bond acceptors (Lipinski definition) is 5. The summed E-state index contributed by atoms with van der Waals surface area (Å²) in [5, 5.41) is 13.9. The molecular weight excluding hydrogens is 268 g/mol. The third kappa shape index (κ3) is 4.96. The van der Waals surface area contributed by atoms with Gasteiger partial charge in [-0.15, -0.1) is 0 Å². The highest BCUT2D eigenvalue weighted by Crippen LogP contribution is 2.22. The molecule has 106 valence electrons. The number of benzene rings is 1. The third-order valence-electron chi connectivity index (χ3n) is 2.85. The lowest BCUT2D eigenvalue weighted by molar-refractivity contribution is -0.385. The molecule has 0 saturated carbocycles. The number of nitrogens with one attached hydrogen (secondary N) is 1. The summed E-state index contributed by atoms with van der Waals surface area (Å²) in [7, 11) is -3.00. The molecule has 0 bridgehead atoms. The molecule has 0 amide bonds. The summed E-state index contributed by atoms with van der Waals surface area (Å²) in [4.78, 5) is 10.4. The molecule has 6 nitrogen and oxygen atoms in total. The van der Waals surface area contributed by atoms with Crippen molar-refractivity contribution in [1.29, 1.82) is 0 Å². The maximum absolute atomic E-state index is 11.0. The zero-order chi connectivity index (χ0) is 14.6. The van der Waals surface area contributed by atoms with Gasteiger partial charge in [-0.3, -0.25) is 10.1 Å². The fourth-order valence-electron chi connectivity index (χ4n) is 1.67. The first-order chi connectivity index (χ1) is 8.70. The van der Waals surface area contributed by atoms with Gasteiger partial charge in [0.2, 0.25) is 0 Å². The third-order valence-corrected chi connectivity index (χ3v) is 3.80. The monoisotopic (exact) mass is 286 g/mol. The second-order valence-corrected chi connectivity index (χ2v) is 6.87. The van der Waals surface area contributed by atoms with Crippen LogP contribution in [0.15, 0.2) is 18.2 Å². The Hall–Kier alpha value is -1.47. The summed E-state index contributed by atoms with van der Waals surface area (Å²) >= 11 is 0. The second kappa shape index (κ2) is 6.12. The molecule has 19 heavy (non-hydrogen) atoms. The zero-order valence-electron chi connectivity index (χ0n) is 11.2. The van der Waals surface area contributed by atoms with Crippen LogP contribution in [-0.4, -0.2) is 31.9 Å². The van der Waals surface area contributed by atoms with Gasteiger partial charge in [-0.25, -0.2) is 8.42 Å². The topological polar surface area (TPSA) is 89.3 Å². The molecule has 0 aliphatic rings. The SMILES string of the molecule is Cc1ccc(C(C)NCCS(C)(=O)=O)cc1[N+](=O)[O-]. The highest BCUT2D eigenvalue weighted by atomic mass is 32.2. The van der Waals surface area contributed by atoms with E-state index in [0.717, 1.165) is 5.56 Å². The van der Waals surface area contributed by atoms with E-state index in [1.165, 1.54) is 12.3 Å². The molecule has 1 aromatic carbocycles. The average Bonchev–Trinajstić information content (AvgIpc) is 2.27. The van der Waals surface area contributed by atoms with Crippen LogP contribution in [0.2, 0.25) is 0 Å². The number of aryl methyl sites for hydroxylation is 1. The van der Waals surface area contributed by atoms with Crippen LogP contribution in [0.1, 0.15) is 24.1 Å². The van der Waals surface area contributed by atoms with Crippen LogP contribution in [0.3, 0.4) is 0 Å². The van der Waals surface area contributed by atoms with E-state index in [-0.39, 0.29) is 17.5 Å². The number of nitrogens with zero attached hydrogens (tertiary/aromatic N) is 1. The Labute approximate surface area is 112 Å². The lowest BCUT2D eigenvalue weighted by Gasteiger charge is -2.14. The van der Waals surface area contributed by atoms with Crippen molar-refractivity contribution >= 4 is 15.5 Å². The Morgan fingerprint density at radius 3 is 2.58 bits per heavy atom. The Morgan fingerprint density at radius 1 is 1.42 bits per heavy atom. The maximum atomic E-state index is 11.0. The van der Waals surface area contributed by atoms with Crippen molar-refractivity contribution in [3.05, 3.63) is 39.4 Å². The van der Waals surface area contributed by atoms with Crippen LogP contribution >= 0.6 is 0 Å². The first-order valence-electron chi connectivity index (χ1n) is 5.87. The smallest absolute Gasteiger partial charge is 0.272 e. The van der Waals surface area contributed by atoms with Gasteiger partial charge < -0.3 is 5.32 Å². The van der Waals surface area contributed by atoms with Crippen LogP contribution in [-0.2, 0) is 9.84 Å². The molecule has 0 radical (unpaired) electrons. The Morgan fingerprint density at radius 2 is 2.05 bits per heavy atom. The largest absolute Gasteiger partial charge is 0.309 e. The van der Waals surface area contributed by atoms with Crippen molar-refractivity contribution in [3.8, 4) is 0 Å². The Balaban J connectivity index is 2.75. The summed E-state index contributed by atoms with van der Waals surface area (Å²) in [6.07, 6.45) is 1.18. The lowest BCUT2D eigenvalue weighted by Crippen LogP contribution is -2.25. The predicted octanol–water partition coefficient (Wildman–Crippen LogP) is 1.60. The molecule has 0 fully saturated rings. The summed E-state index contributed by atoms with van der Waals surface area (Å²) in [6, 6.07) is 4.89. The number of rotatable bonds is 6. The van der Waals surface area contributed by atoms with E-state index < -0.39 is 14.8 Å². The van der Waals surface area contributed by atoms with E-state index in [4.69, 9.17) is 0 Å². The van der Waals surface area contributed by atoms with Crippen molar-refractivity contribution in [2.24, 2.45) is 0 Å². The minimum Gasteiger partial charge on any atom is -0.309 e. The molecule has 0 aliphatic heterocycles. The van der Waals surface area contributed by atoms with Crippen LogP contribution < -0.4 is 5.32 Å².